The summed E-state index contributed by atoms with van der Waals surface area (Å²) >= 11 is 0. The minimum absolute atomic E-state index is 0.120. The highest BCUT2D eigenvalue weighted by atomic mass is 19.1. The van der Waals surface area contributed by atoms with Crippen LogP contribution in [-0.2, 0) is 4.74 Å². The normalized spacial score (nSPS) is 17.9. The van der Waals surface area contributed by atoms with E-state index in [4.69, 9.17) is 15.1 Å². The molecule has 1 unspecified atom stereocenters. The number of morpholine rings is 1. The molecule has 1 aromatic carbocycles. The van der Waals surface area contributed by atoms with Gasteiger partial charge in [-0.05, 0) is 18.2 Å². The summed E-state index contributed by atoms with van der Waals surface area (Å²) in [6.07, 6.45) is -0.688. The molecule has 1 aliphatic rings. The zero-order valence-electron chi connectivity index (χ0n) is 10.9. The average Bonchev–Trinajstić information content (AvgIpc) is 2.49. The zero-order chi connectivity index (χ0) is 15.4. The number of nitrogens with zero attached hydrogens (tertiary/aromatic N) is 2. The molecule has 0 radical (unpaired) electrons. The molecule has 1 aromatic rings. The Morgan fingerprint density at radius 1 is 1.52 bits per heavy atom. The van der Waals surface area contributed by atoms with Crippen molar-refractivity contribution in [2.75, 3.05) is 25.0 Å². The van der Waals surface area contributed by atoms with Gasteiger partial charge in [0.15, 0.2) is 6.10 Å². The summed E-state index contributed by atoms with van der Waals surface area (Å²) in [6.45, 7) is 0.682. The number of halogens is 1. The number of hydrogen-bond donors (Lipinski definition) is 2. The molecule has 8 heteroatoms. The van der Waals surface area contributed by atoms with Crippen molar-refractivity contribution in [2.45, 2.75) is 6.10 Å². The van der Waals surface area contributed by atoms with Gasteiger partial charge in [-0.3, -0.25) is 0 Å². The van der Waals surface area contributed by atoms with Crippen molar-refractivity contribution in [3.63, 3.8) is 0 Å². The van der Waals surface area contributed by atoms with Crippen LogP contribution in [0.15, 0.2) is 18.2 Å². The van der Waals surface area contributed by atoms with E-state index in [1.54, 1.807) is 0 Å². The Kier molecular flexibility index (Phi) is 4.35. The van der Waals surface area contributed by atoms with E-state index in [1.165, 1.54) is 11.0 Å². The number of nitrogens with one attached hydrogen (secondary N) is 1. The van der Waals surface area contributed by atoms with Gasteiger partial charge in [0.2, 0.25) is 0 Å². The zero-order valence-corrected chi connectivity index (χ0v) is 10.9. The maximum absolute atomic E-state index is 13.3. The molecule has 0 bridgehead atoms. The Balaban J connectivity index is 2.08. The lowest BCUT2D eigenvalue weighted by molar-refractivity contribution is 0.0181. The number of aromatic carboxylic acids is 1. The Hall–Kier alpha value is -2.66. The molecule has 110 valence electrons. The fraction of sp³-hybridized carbons (Fsp3) is 0.308. The first-order chi connectivity index (χ1) is 10.0. The van der Waals surface area contributed by atoms with E-state index in [2.05, 4.69) is 5.32 Å². The number of benzene rings is 1. The molecule has 0 aliphatic carbocycles. The molecular formula is C13H12FN3O4. The highest BCUT2D eigenvalue weighted by molar-refractivity contribution is 5.93. The van der Waals surface area contributed by atoms with Crippen LogP contribution >= 0.6 is 0 Å². The summed E-state index contributed by atoms with van der Waals surface area (Å²) in [6, 6.07) is 4.69. The van der Waals surface area contributed by atoms with E-state index in [-0.39, 0.29) is 18.8 Å². The van der Waals surface area contributed by atoms with E-state index in [0.29, 0.717) is 6.54 Å². The predicted molar refractivity (Wildman–Crippen MR) is 69.3 cm³/mol. The van der Waals surface area contributed by atoms with Gasteiger partial charge in [-0.25, -0.2) is 14.0 Å². The smallest absolute Gasteiger partial charge is 0.338 e. The molecule has 0 saturated carbocycles. The SMILES string of the molecule is N#CC1CN(C(=O)Nc2ccc(F)c(C(=O)O)c2)CCO1. The van der Waals surface area contributed by atoms with Crippen LogP contribution in [-0.4, -0.2) is 47.8 Å². The van der Waals surface area contributed by atoms with Crippen LogP contribution < -0.4 is 5.32 Å². The topological polar surface area (TPSA) is 103 Å². The monoisotopic (exact) mass is 293 g/mol. The first-order valence-electron chi connectivity index (χ1n) is 6.11. The van der Waals surface area contributed by atoms with Gasteiger partial charge in [0, 0.05) is 12.2 Å². The largest absolute Gasteiger partial charge is 0.478 e. The summed E-state index contributed by atoms with van der Waals surface area (Å²) in [5.74, 6) is -2.30. The van der Waals surface area contributed by atoms with Gasteiger partial charge in [0.1, 0.15) is 5.82 Å². The standard InChI is InChI=1S/C13H12FN3O4/c14-11-2-1-8(5-10(11)12(18)19)16-13(20)17-3-4-21-9(6-15)7-17/h1-2,5,9H,3-4,7H2,(H,16,20)(H,18,19). The summed E-state index contributed by atoms with van der Waals surface area (Å²) in [7, 11) is 0. The maximum Gasteiger partial charge on any atom is 0.338 e. The number of nitriles is 1. The third-order valence-corrected chi connectivity index (χ3v) is 2.95. The number of hydrogen-bond acceptors (Lipinski definition) is 4. The van der Waals surface area contributed by atoms with Gasteiger partial charge in [-0.1, -0.05) is 0 Å². The molecule has 1 saturated heterocycles. The van der Waals surface area contributed by atoms with E-state index >= 15 is 0 Å². The summed E-state index contributed by atoms with van der Waals surface area (Å²) in [5.41, 5.74) is -0.358. The first kappa shape index (κ1) is 14.7. The van der Waals surface area contributed by atoms with Gasteiger partial charge in [0.25, 0.3) is 0 Å². The van der Waals surface area contributed by atoms with Crippen molar-refractivity contribution in [3.8, 4) is 6.07 Å². The molecule has 2 amide bonds. The molecule has 1 atom stereocenters. The van der Waals surface area contributed by atoms with Crippen LogP contribution in [0.5, 0.6) is 0 Å². The molecule has 2 N–H and O–H groups in total. The lowest BCUT2D eigenvalue weighted by Gasteiger charge is -2.29. The van der Waals surface area contributed by atoms with E-state index in [0.717, 1.165) is 12.1 Å². The van der Waals surface area contributed by atoms with Crippen molar-refractivity contribution in [1.82, 2.24) is 4.90 Å². The molecule has 1 fully saturated rings. The van der Waals surface area contributed by atoms with Crippen LogP contribution in [0.4, 0.5) is 14.9 Å². The second-order valence-corrected chi connectivity index (χ2v) is 4.36. The second-order valence-electron chi connectivity index (χ2n) is 4.36. The van der Waals surface area contributed by atoms with Crippen LogP contribution in [0.2, 0.25) is 0 Å². The van der Waals surface area contributed by atoms with Gasteiger partial charge < -0.3 is 20.1 Å². The van der Waals surface area contributed by atoms with Crippen molar-refractivity contribution >= 4 is 17.7 Å². The fourth-order valence-corrected chi connectivity index (χ4v) is 1.88. The van der Waals surface area contributed by atoms with E-state index in [1.807, 2.05) is 6.07 Å². The molecule has 1 aliphatic heterocycles. The van der Waals surface area contributed by atoms with Crippen molar-refractivity contribution in [2.24, 2.45) is 0 Å². The van der Waals surface area contributed by atoms with Gasteiger partial charge in [0.05, 0.1) is 24.8 Å². The van der Waals surface area contributed by atoms with Crippen LogP contribution in [0.25, 0.3) is 0 Å². The fourth-order valence-electron chi connectivity index (χ4n) is 1.88. The lowest BCUT2D eigenvalue weighted by Crippen LogP contribution is -2.46. The molecule has 1 heterocycles. The number of urea groups is 1. The Morgan fingerprint density at radius 3 is 2.95 bits per heavy atom. The second kappa shape index (κ2) is 6.19. The Morgan fingerprint density at radius 2 is 2.29 bits per heavy atom. The third kappa shape index (κ3) is 3.46. The number of rotatable bonds is 2. The molecule has 0 aromatic heterocycles. The molecule has 7 nitrogen and oxygen atoms in total. The molecular weight excluding hydrogens is 281 g/mol. The third-order valence-electron chi connectivity index (χ3n) is 2.95. The van der Waals surface area contributed by atoms with E-state index in [9.17, 15) is 14.0 Å². The molecule has 0 spiro atoms. The number of carboxylic acids is 1. The summed E-state index contributed by atoms with van der Waals surface area (Å²) in [5, 5.41) is 20.1. The maximum atomic E-state index is 13.3. The Labute approximate surface area is 119 Å². The van der Waals surface area contributed by atoms with Gasteiger partial charge in [-0.15, -0.1) is 0 Å². The summed E-state index contributed by atoms with van der Waals surface area (Å²) in [4.78, 5) is 24.2. The van der Waals surface area contributed by atoms with Crippen molar-refractivity contribution in [3.05, 3.63) is 29.6 Å². The van der Waals surface area contributed by atoms with Crippen LogP contribution in [0, 0.1) is 17.1 Å². The highest BCUT2D eigenvalue weighted by Gasteiger charge is 2.24. The van der Waals surface area contributed by atoms with Gasteiger partial charge in [-0.2, -0.15) is 5.26 Å². The first-order valence-corrected chi connectivity index (χ1v) is 6.11. The minimum atomic E-state index is -1.42. The van der Waals surface area contributed by atoms with Crippen LogP contribution in [0.1, 0.15) is 10.4 Å². The lowest BCUT2D eigenvalue weighted by atomic mass is 10.2. The highest BCUT2D eigenvalue weighted by Crippen LogP contribution is 2.16. The number of carbonyl (C=O) groups is 2. The Bertz CT molecular complexity index is 614. The number of anilines is 1. The average molecular weight is 293 g/mol. The van der Waals surface area contributed by atoms with Crippen LogP contribution in [0.3, 0.4) is 0 Å². The minimum Gasteiger partial charge on any atom is -0.478 e. The van der Waals surface area contributed by atoms with Crippen molar-refractivity contribution < 1.29 is 23.8 Å². The summed E-state index contributed by atoms with van der Waals surface area (Å²) < 4.78 is 18.4. The molecule has 2 rings (SSSR count). The number of ether oxygens (including phenoxy) is 1. The molecule has 21 heavy (non-hydrogen) atoms. The number of amides is 2. The number of carboxylic acid groups (broad SMARTS) is 1. The quantitative estimate of drug-likeness (QED) is 0.855. The van der Waals surface area contributed by atoms with Gasteiger partial charge >= 0.3 is 12.0 Å². The number of carbonyl (C=O) groups excluding carboxylic acids is 1. The predicted octanol–water partition coefficient (Wildman–Crippen LogP) is 1.28. The van der Waals surface area contributed by atoms with Crippen molar-refractivity contribution in [1.29, 1.82) is 5.26 Å². The van der Waals surface area contributed by atoms with E-state index < -0.39 is 29.5 Å².